The fraction of sp³-hybridized carbons (Fsp3) is 0.0625. The number of hydrogen-bond acceptors (Lipinski definition) is 0. The van der Waals surface area contributed by atoms with Crippen LogP contribution in [0.3, 0.4) is 0 Å². The van der Waals surface area contributed by atoms with Gasteiger partial charge in [0.2, 0.25) is 6.71 Å². The van der Waals surface area contributed by atoms with Gasteiger partial charge in [-0.15, -0.1) is 0 Å². The summed E-state index contributed by atoms with van der Waals surface area (Å²) in [5.41, 5.74) is 7.00. The van der Waals surface area contributed by atoms with Gasteiger partial charge in [0.05, 0.1) is 0 Å². The van der Waals surface area contributed by atoms with Crippen molar-refractivity contribution in [1.82, 2.24) is 0 Å². The number of rotatable bonds is 3. The highest BCUT2D eigenvalue weighted by Crippen LogP contribution is 2.13. The largest absolute Gasteiger partial charge is 0.241 e. The van der Waals surface area contributed by atoms with Gasteiger partial charge in [0.1, 0.15) is 0 Å². The standard InChI is InChI=1S/C32H27BSi/c1-24-21-22-25(2)30(23-24)33-28-17-9-11-19-31(28)34(26-13-5-3-6-14-26,27-15-7-4-8-16-27)32-20-12-10-18-29(32)33/h3-23H,1-2H3. The molecule has 0 nitrogen and oxygen atoms in total. The van der Waals surface area contributed by atoms with Crippen LogP contribution in [0.2, 0.25) is 0 Å². The Hall–Kier alpha value is -3.62. The first-order chi connectivity index (χ1) is 16.7. The maximum atomic E-state index is 2.41. The molecule has 34 heavy (non-hydrogen) atoms. The normalized spacial score (nSPS) is 13.8. The zero-order valence-corrected chi connectivity index (χ0v) is 20.7. The van der Waals surface area contributed by atoms with Crippen molar-refractivity contribution in [3.8, 4) is 0 Å². The molecular formula is C32H27BSi. The molecular weight excluding hydrogens is 423 g/mol. The van der Waals surface area contributed by atoms with Crippen LogP contribution in [0.5, 0.6) is 0 Å². The van der Waals surface area contributed by atoms with Crippen molar-refractivity contribution >= 4 is 51.9 Å². The molecule has 0 bridgehead atoms. The van der Waals surface area contributed by atoms with E-state index in [2.05, 4.69) is 141 Å². The molecule has 162 valence electrons. The third kappa shape index (κ3) is 3.06. The van der Waals surface area contributed by atoms with E-state index in [0.717, 1.165) is 0 Å². The van der Waals surface area contributed by atoms with Crippen molar-refractivity contribution in [3.05, 3.63) is 139 Å². The number of aryl methyl sites for hydroxylation is 2. The van der Waals surface area contributed by atoms with Crippen LogP contribution in [-0.2, 0) is 0 Å². The predicted molar refractivity (Wildman–Crippen MR) is 151 cm³/mol. The van der Waals surface area contributed by atoms with Gasteiger partial charge in [-0.2, -0.15) is 0 Å². The van der Waals surface area contributed by atoms with Crippen molar-refractivity contribution < 1.29 is 0 Å². The lowest BCUT2D eigenvalue weighted by molar-refractivity contribution is 1.43. The topological polar surface area (TPSA) is 0 Å². The Labute approximate surface area is 204 Å². The van der Waals surface area contributed by atoms with Gasteiger partial charge >= 0.3 is 0 Å². The van der Waals surface area contributed by atoms with Gasteiger partial charge in [0, 0.05) is 0 Å². The summed E-state index contributed by atoms with van der Waals surface area (Å²) >= 11 is 0. The monoisotopic (exact) mass is 450 g/mol. The Morgan fingerprint density at radius 2 is 0.941 bits per heavy atom. The van der Waals surface area contributed by atoms with Gasteiger partial charge in [-0.25, -0.2) is 0 Å². The summed E-state index contributed by atoms with van der Waals surface area (Å²) in [6.07, 6.45) is 0. The van der Waals surface area contributed by atoms with Crippen molar-refractivity contribution in [1.29, 1.82) is 0 Å². The van der Waals surface area contributed by atoms with Gasteiger partial charge in [-0.1, -0.05) is 155 Å². The molecule has 1 aliphatic heterocycles. The summed E-state index contributed by atoms with van der Waals surface area (Å²) < 4.78 is 0. The van der Waals surface area contributed by atoms with Gasteiger partial charge < -0.3 is 0 Å². The third-order valence-electron chi connectivity index (χ3n) is 7.51. The zero-order valence-electron chi connectivity index (χ0n) is 19.7. The van der Waals surface area contributed by atoms with Crippen LogP contribution in [0, 0.1) is 13.8 Å². The molecule has 0 amide bonds. The highest BCUT2D eigenvalue weighted by atomic mass is 28.3. The van der Waals surface area contributed by atoms with Crippen LogP contribution < -0.4 is 37.1 Å². The van der Waals surface area contributed by atoms with Crippen LogP contribution in [-0.4, -0.2) is 14.8 Å². The van der Waals surface area contributed by atoms with E-state index in [1.807, 2.05) is 0 Å². The molecule has 0 atom stereocenters. The lowest BCUT2D eigenvalue weighted by atomic mass is 9.36. The zero-order chi connectivity index (χ0) is 23.1. The first-order valence-corrected chi connectivity index (χ1v) is 14.1. The molecule has 0 saturated carbocycles. The Kier molecular flexibility index (Phi) is 5.12. The Bertz CT molecular complexity index is 1380. The molecule has 1 heterocycles. The minimum absolute atomic E-state index is 0.236. The molecule has 2 heteroatoms. The second-order valence-electron chi connectivity index (χ2n) is 9.45. The minimum Gasteiger partial charge on any atom is -0.0683 e. The van der Waals surface area contributed by atoms with Crippen LogP contribution >= 0.6 is 0 Å². The average molecular weight is 450 g/mol. The smallest absolute Gasteiger partial charge is 0.0683 e. The van der Waals surface area contributed by atoms with E-state index in [9.17, 15) is 0 Å². The highest BCUT2D eigenvalue weighted by Gasteiger charge is 2.49. The first kappa shape index (κ1) is 21.0. The van der Waals surface area contributed by atoms with E-state index in [-0.39, 0.29) is 6.71 Å². The quantitative estimate of drug-likeness (QED) is 0.364. The van der Waals surface area contributed by atoms with E-state index in [1.54, 1.807) is 0 Å². The highest BCUT2D eigenvalue weighted by molar-refractivity contribution is 7.26. The Balaban J connectivity index is 1.78. The molecule has 0 saturated heterocycles. The maximum absolute atomic E-state index is 2.48. The summed E-state index contributed by atoms with van der Waals surface area (Å²) in [6.45, 7) is 4.70. The molecule has 5 aromatic rings. The molecule has 0 fully saturated rings. The van der Waals surface area contributed by atoms with E-state index in [0.29, 0.717) is 0 Å². The van der Waals surface area contributed by atoms with Crippen LogP contribution in [0.1, 0.15) is 11.1 Å². The van der Waals surface area contributed by atoms with Gasteiger partial charge in [-0.3, -0.25) is 0 Å². The number of fused-ring (bicyclic) bond motifs is 2. The van der Waals surface area contributed by atoms with Crippen LogP contribution in [0.15, 0.2) is 127 Å². The molecule has 0 unspecified atom stereocenters. The van der Waals surface area contributed by atoms with E-state index < -0.39 is 8.07 Å². The fourth-order valence-electron chi connectivity index (χ4n) is 6.06. The van der Waals surface area contributed by atoms with Gasteiger partial charge in [0.15, 0.2) is 8.07 Å². The molecule has 1 aliphatic rings. The van der Waals surface area contributed by atoms with Crippen molar-refractivity contribution in [2.24, 2.45) is 0 Å². The molecule has 0 aromatic heterocycles. The Morgan fingerprint density at radius 3 is 1.47 bits per heavy atom. The number of benzene rings is 5. The maximum Gasteiger partial charge on any atom is 0.241 e. The second-order valence-corrected chi connectivity index (χ2v) is 13.2. The summed E-state index contributed by atoms with van der Waals surface area (Å²) in [6, 6.07) is 47.9. The first-order valence-electron chi connectivity index (χ1n) is 12.1. The van der Waals surface area contributed by atoms with Crippen molar-refractivity contribution in [3.63, 3.8) is 0 Å². The SMILES string of the molecule is Cc1ccc(C)c(B2c3ccccc3[Si](c3ccccc3)(c3ccccc3)c3ccccc32)c1. The van der Waals surface area contributed by atoms with Crippen LogP contribution in [0.4, 0.5) is 0 Å². The third-order valence-corrected chi connectivity index (χ3v) is 12.4. The summed E-state index contributed by atoms with van der Waals surface area (Å²) in [7, 11) is -2.48. The minimum atomic E-state index is -2.48. The van der Waals surface area contributed by atoms with Crippen molar-refractivity contribution in [2.75, 3.05) is 0 Å². The molecule has 6 rings (SSSR count). The number of hydrogen-bond donors (Lipinski definition) is 0. The summed E-state index contributed by atoms with van der Waals surface area (Å²) in [4.78, 5) is 0. The molecule has 0 radical (unpaired) electrons. The lowest BCUT2D eigenvalue weighted by Crippen LogP contribution is -2.86. The van der Waals surface area contributed by atoms with Crippen LogP contribution in [0.25, 0.3) is 0 Å². The molecule has 5 aromatic carbocycles. The molecule has 0 N–H and O–H groups in total. The summed E-state index contributed by atoms with van der Waals surface area (Å²) in [5, 5.41) is 5.91. The average Bonchev–Trinajstić information content (AvgIpc) is 2.90. The van der Waals surface area contributed by atoms with Gasteiger partial charge in [-0.05, 0) is 34.6 Å². The van der Waals surface area contributed by atoms with Gasteiger partial charge in [0.25, 0.3) is 0 Å². The lowest BCUT2D eigenvalue weighted by Gasteiger charge is -2.43. The summed E-state index contributed by atoms with van der Waals surface area (Å²) in [5.74, 6) is 0. The van der Waals surface area contributed by atoms with E-state index in [1.165, 1.54) is 48.3 Å². The molecule has 0 spiro atoms. The van der Waals surface area contributed by atoms with E-state index in [4.69, 9.17) is 0 Å². The fourth-order valence-corrected chi connectivity index (χ4v) is 11.3. The van der Waals surface area contributed by atoms with Crippen molar-refractivity contribution in [2.45, 2.75) is 13.8 Å². The van der Waals surface area contributed by atoms with E-state index >= 15 is 0 Å². The second kappa shape index (κ2) is 8.31. The predicted octanol–water partition coefficient (Wildman–Crippen LogP) is 2.51. The molecule has 0 aliphatic carbocycles. The Morgan fingerprint density at radius 1 is 0.471 bits per heavy atom.